The van der Waals surface area contributed by atoms with Gasteiger partial charge in [0.15, 0.2) is 0 Å². The van der Waals surface area contributed by atoms with Gasteiger partial charge in [-0.3, -0.25) is 0 Å². The van der Waals surface area contributed by atoms with Gasteiger partial charge in [0.25, 0.3) is 0 Å². The van der Waals surface area contributed by atoms with Crippen LogP contribution in [-0.2, 0) is 0 Å². The first-order chi connectivity index (χ1) is 8.77. The van der Waals surface area contributed by atoms with Crippen LogP contribution in [-0.4, -0.2) is 11.2 Å². The lowest BCUT2D eigenvalue weighted by atomic mass is 9.58. The van der Waals surface area contributed by atoms with Crippen molar-refractivity contribution >= 4 is 0 Å². The minimum absolute atomic E-state index is 0.0387. The van der Waals surface area contributed by atoms with Crippen LogP contribution >= 0.6 is 0 Å². The lowest BCUT2D eigenvalue weighted by Crippen LogP contribution is -2.44. The summed E-state index contributed by atoms with van der Waals surface area (Å²) < 4.78 is 0. The highest BCUT2D eigenvalue weighted by atomic mass is 16.3. The Labute approximate surface area is 119 Å². The van der Waals surface area contributed by atoms with Crippen molar-refractivity contribution in [2.75, 3.05) is 0 Å². The second-order valence-electron chi connectivity index (χ2n) is 8.87. The van der Waals surface area contributed by atoms with E-state index in [2.05, 4.69) is 34.6 Å². The number of fused-ring (bicyclic) bond motifs is 2. The van der Waals surface area contributed by atoms with E-state index in [1.165, 1.54) is 25.7 Å². The third-order valence-corrected chi connectivity index (χ3v) is 8.10. The van der Waals surface area contributed by atoms with Crippen LogP contribution in [0.3, 0.4) is 0 Å². The van der Waals surface area contributed by atoms with Crippen molar-refractivity contribution < 1.29 is 5.11 Å². The minimum atomic E-state index is -0.0387. The van der Waals surface area contributed by atoms with Crippen molar-refractivity contribution in [2.45, 2.75) is 72.8 Å². The maximum absolute atomic E-state index is 10.6. The Kier molecular flexibility index (Phi) is 3.10. The number of aliphatic hydroxyl groups is 1. The summed E-state index contributed by atoms with van der Waals surface area (Å²) in [5, 5.41) is 10.6. The maximum atomic E-state index is 10.6. The van der Waals surface area contributed by atoms with E-state index in [1.54, 1.807) is 0 Å². The molecule has 3 aliphatic rings. The third kappa shape index (κ3) is 1.76. The highest BCUT2D eigenvalue weighted by molar-refractivity contribution is 5.12. The molecule has 1 N–H and O–H groups in total. The van der Waals surface area contributed by atoms with E-state index in [1.807, 2.05) is 0 Å². The zero-order chi connectivity index (χ0) is 14.0. The van der Waals surface area contributed by atoms with E-state index >= 15 is 0 Å². The van der Waals surface area contributed by atoms with E-state index in [-0.39, 0.29) is 6.10 Å². The predicted molar refractivity (Wildman–Crippen MR) is 79.8 cm³/mol. The van der Waals surface area contributed by atoms with E-state index in [4.69, 9.17) is 0 Å². The van der Waals surface area contributed by atoms with Crippen molar-refractivity contribution in [3.8, 4) is 0 Å². The monoisotopic (exact) mass is 264 g/mol. The SMILES string of the molecule is CC1CC(O)C(C2CC3CCC2(C)C3(C)C)CC1C. The highest BCUT2D eigenvalue weighted by Gasteiger charge is 2.63. The molecule has 3 saturated carbocycles. The summed E-state index contributed by atoms with van der Waals surface area (Å²) in [7, 11) is 0. The molecule has 1 heteroatoms. The predicted octanol–water partition coefficient (Wildman–Crippen LogP) is 4.49. The fraction of sp³-hybridized carbons (Fsp3) is 1.00. The van der Waals surface area contributed by atoms with Crippen molar-refractivity contribution in [2.24, 2.45) is 40.4 Å². The second-order valence-corrected chi connectivity index (χ2v) is 8.87. The van der Waals surface area contributed by atoms with E-state index in [0.717, 1.165) is 24.2 Å². The van der Waals surface area contributed by atoms with Crippen LogP contribution in [0.25, 0.3) is 0 Å². The number of hydrogen-bond donors (Lipinski definition) is 1. The average molecular weight is 264 g/mol. The normalized spacial score (nSPS) is 56.5. The molecule has 110 valence electrons. The van der Waals surface area contributed by atoms with Crippen LogP contribution in [0.4, 0.5) is 0 Å². The summed E-state index contributed by atoms with van der Waals surface area (Å²) in [6.45, 7) is 12.2. The lowest BCUT2D eigenvalue weighted by Gasteiger charge is -2.47. The fourth-order valence-electron chi connectivity index (χ4n) is 5.95. The van der Waals surface area contributed by atoms with Gasteiger partial charge in [0.05, 0.1) is 6.10 Å². The van der Waals surface area contributed by atoms with Crippen LogP contribution in [0.5, 0.6) is 0 Å². The van der Waals surface area contributed by atoms with Gasteiger partial charge >= 0.3 is 0 Å². The first-order valence-corrected chi connectivity index (χ1v) is 8.45. The Hall–Kier alpha value is -0.0400. The maximum Gasteiger partial charge on any atom is 0.0574 e. The van der Waals surface area contributed by atoms with Gasteiger partial charge in [0.1, 0.15) is 0 Å². The van der Waals surface area contributed by atoms with Crippen LogP contribution < -0.4 is 0 Å². The molecule has 7 atom stereocenters. The molecule has 0 aromatic carbocycles. The molecule has 2 bridgehead atoms. The summed E-state index contributed by atoms with van der Waals surface area (Å²) in [5.74, 6) is 3.74. The molecule has 1 nitrogen and oxygen atoms in total. The lowest BCUT2D eigenvalue weighted by molar-refractivity contribution is -0.0469. The first-order valence-electron chi connectivity index (χ1n) is 8.45. The molecule has 3 aliphatic carbocycles. The summed E-state index contributed by atoms with van der Waals surface area (Å²) in [5.41, 5.74) is 0.966. The van der Waals surface area contributed by atoms with Crippen molar-refractivity contribution in [3.63, 3.8) is 0 Å². The van der Waals surface area contributed by atoms with E-state index in [0.29, 0.717) is 22.7 Å². The van der Waals surface area contributed by atoms with E-state index in [9.17, 15) is 5.11 Å². The van der Waals surface area contributed by atoms with Gasteiger partial charge in [-0.15, -0.1) is 0 Å². The Balaban J connectivity index is 1.84. The van der Waals surface area contributed by atoms with Crippen LogP contribution in [0, 0.1) is 40.4 Å². The molecule has 0 heterocycles. The Bertz CT molecular complexity index is 361. The molecule has 0 spiro atoms. The molecule has 7 unspecified atom stereocenters. The molecule has 19 heavy (non-hydrogen) atoms. The summed E-state index contributed by atoms with van der Waals surface area (Å²) in [6, 6.07) is 0. The van der Waals surface area contributed by atoms with Gasteiger partial charge in [0, 0.05) is 0 Å². The Morgan fingerprint density at radius 1 is 0.947 bits per heavy atom. The average Bonchev–Trinajstić information content (AvgIpc) is 2.66. The quantitative estimate of drug-likeness (QED) is 0.739. The molecule has 0 aliphatic heterocycles. The molecular weight excluding hydrogens is 232 g/mol. The molecule has 0 aromatic rings. The van der Waals surface area contributed by atoms with Gasteiger partial charge in [-0.1, -0.05) is 34.6 Å². The van der Waals surface area contributed by atoms with Crippen LogP contribution in [0.2, 0.25) is 0 Å². The molecule has 0 aromatic heterocycles. The van der Waals surface area contributed by atoms with Crippen LogP contribution in [0.1, 0.15) is 66.7 Å². The van der Waals surface area contributed by atoms with Crippen molar-refractivity contribution in [1.82, 2.24) is 0 Å². The molecule has 0 amide bonds. The zero-order valence-electron chi connectivity index (χ0n) is 13.4. The smallest absolute Gasteiger partial charge is 0.0574 e. The molecule has 3 fully saturated rings. The van der Waals surface area contributed by atoms with Gasteiger partial charge in [-0.2, -0.15) is 0 Å². The van der Waals surface area contributed by atoms with Gasteiger partial charge in [0.2, 0.25) is 0 Å². The fourth-order valence-corrected chi connectivity index (χ4v) is 5.95. The van der Waals surface area contributed by atoms with Gasteiger partial charge < -0.3 is 5.11 Å². The number of aliphatic hydroxyl groups excluding tert-OH is 1. The Morgan fingerprint density at radius 3 is 2.11 bits per heavy atom. The molecule has 0 saturated heterocycles. The highest BCUT2D eigenvalue weighted by Crippen LogP contribution is 2.70. The second kappa shape index (κ2) is 4.23. The number of hydrogen-bond acceptors (Lipinski definition) is 1. The summed E-state index contributed by atoms with van der Waals surface area (Å²) >= 11 is 0. The minimum Gasteiger partial charge on any atom is -0.393 e. The van der Waals surface area contributed by atoms with Gasteiger partial charge in [-0.05, 0) is 72.5 Å². The molecular formula is C18H32O. The summed E-state index contributed by atoms with van der Waals surface area (Å²) in [6.07, 6.45) is 6.45. The summed E-state index contributed by atoms with van der Waals surface area (Å²) in [4.78, 5) is 0. The van der Waals surface area contributed by atoms with Crippen molar-refractivity contribution in [1.29, 1.82) is 0 Å². The van der Waals surface area contributed by atoms with E-state index < -0.39 is 0 Å². The topological polar surface area (TPSA) is 20.2 Å². The molecule has 0 radical (unpaired) electrons. The van der Waals surface area contributed by atoms with Crippen molar-refractivity contribution in [3.05, 3.63) is 0 Å². The third-order valence-electron chi connectivity index (χ3n) is 8.10. The van der Waals surface area contributed by atoms with Gasteiger partial charge in [-0.25, -0.2) is 0 Å². The Morgan fingerprint density at radius 2 is 1.58 bits per heavy atom. The first kappa shape index (κ1) is 13.9. The zero-order valence-corrected chi connectivity index (χ0v) is 13.4. The largest absolute Gasteiger partial charge is 0.393 e. The number of rotatable bonds is 1. The van der Waals surface area contributed by atoms with Crippen LogP contribution in [0.15, 0.2) is 0 Å². The standard InChI is InChI=1S/C18H32O/c1-11-8-14(16(19)9-12(11)2)15-10-13-6-7-18(15,5)17(13,3)4/h11-16,19H,6-10H2,1-5H3. The molecule has 3 rings (SSSR count).